The van der Waals surface area contributed by atoms with Crippen LogP contribution in [0.4, 0.5) is 0 Å². The van der Waals surface area contributed by atoms with E-state index in [4.69, 9.17) is 27.9 Å². The molecule has 5 nitrogen and oxygen atoms in total. The van der Waals surface area contributed by atoms with Gasteiger partial charge in [0.1, 0.15) is 11.8 Å². The predicted octanol–water partition coefficient (Wildman–Crippen LogP) is 6.09. The highest BCUT2D eigenvalue weighted by Gasteiger charge is 2.30. The molecule has 0 fully saturated rings. The van der Waals surface area contributed by atoms with Gasteiger partial charge >= 0.3 is 0 Å². The third-order valence-corrected chi connectivity index (χ3v) is 7.06. The fourth-order valence-corrected chi connectivity index (χ4v) is 4.10. The zero-order valence-electron chi connectivity index (χ0n) is 18.8. The summed E-state index contributed by atoms with van der Waals surface area (Å²) in [6.07, 6.45) is 1.25. The number of benzene rings is 2. The monoisotopic (exact) mass is 542 g/mol. The van der Waals surface area contributed by atoms with E-state index in [-0.39, 0.29) is 25.0 Å². The minimum absolute atomic E-state index is 0.108. The maximum atomic E-state index is 13.3. The second-order valence-electron chi connectivity index (χ2n) is 7.60. The van der Waals surface area contributed by atoms with Crippen molar-refractivity contribution in [2.45, 2.75) is 53.1 Å². The summed E-state index contributed by atoms with van der Waals surface area (Å²) < 4.78 is 6.81. The quantitative estimate of drug-likeness (QED) is 0.394. The third-order valence-electron chi connectivity index (χ3n) is 5.10. The zero-order valence-corrected chi connectivity index (χ0v) is 21.9. The number of carbonyl (C=O) groups is 2. The summed E-state index contributed by atoms with van der Waals surface area (Å²) >= 11 is 16.2. The van der Waals surface area contributed by atoms with Gasteiger partial charge in [-0.25, -0.2) is 0 Å². The topological polar surface area (TPSA) is 58.6 Å². The van der Waals surface area contributed by atoms with Crippen molar-refractivity contribution in [2.75, 3.05) is 13.2 Å². The van der Waals surface area contributed by atoms with Crippen LogP contribution in [-0.4, -0.2) is 35.9 Å². The average Bonchev–Trinajstić information content (AvgIpc) is 2.75. The van der Waals surface area contributed by atoms with Crippen molar-refractivity contribution in [1.82, 2.24) is 10.2 Å². The Morgan fingerprint density at radius 1 is 1.12 bits per heavy atom. The fraction of sp³-hybridized carbons (Fsp3) is 0.417. The Morgan fingerprint density at radius 2 is 1.72 bits per heavy atom. The molecule has 2 rings (SSSR count). The molecule has 0 bridgehead atoms. The van der Waals surface area contributed by atoms with Crippen LogP contribution in [0.2, 0.25) is 10.0 Å². The van der Waals surface area contributed by atoms with Crippen LogP contribution in [0.5, 0.6) is 5.75 Å². The van der Waals surface area contributed by atoms with Gasteiger partial charge in [-0.15, -0.1) is 0 Å². The maximum Gasteiger partial charge on any atom is 0.261 e. The van der Waals surface area contributed by atoms with Crippen LogP contribution in [0.25, 0.3) is 0 Å². The van der Waals surface area contributed by atoms with Crippen molar-refractivity contribution >= 4 is 50.9 Å². The van der Waals surface area contributed by atoms with Crippen molar-refractivity contribution < 1.29 is 14.3 Å². The number of amides is 2. The van der Waals surface area contributed by atoms with E-state index in [0.29, 0.717) is 34.3 Å². The lowest BCUT2D eigenvalue weighted by Gasteiger charge is -2.31. The normalized spacial score (nSPS) is 11.7. The number of nitrogens with one attached hydrogen (secondary N) is 1. The zero-order chi connectivity index (χ0) is 23.8. The van der Waals surface area contributed by atoms with Crippen LogP contribution in [0.3, 0.4) is 0 Å². The summed E-state index contributed by atoms with van der Waals surface area (Å²) in [6, 6.07) is 8.24. The SMILES string of the molecule is CCCNC(=O)[C@H](CC)N(Cc1c(Cl)cccc1Cl)C(=O)COc1cc(C)c(Br)c(C)c1. The summed E-state index contributed by atoms with van der Waals surface area (Å²) in [7, 11) is 0. The van der Waals surface area contributed by atoms with Crippen LogP contribution in [0.1, 0.15) is 43.4 Å². The molecule has 0 saturated heterocycles. The summed E-state index contributed by atoms with van der Waals surface area (Å²) in [6.45, 7) is 8.21. The molecule has 32 heavy (non-hydrogen) atoms. The molecule has 0 aliphatic heterocycles. The van der Waals surface area contributed by atoms with Gasteiger partial charge in [0, 0.05) is 33.2 Å². The van der Waals surface area contributed by atoms with Gasteiger partial charge in [-0.05, 0) is 62.1 Å². The van der Waals surface area contributed by atoms with Gasteiger partial charge in [-0.1, -0.05) is 59.0 Å². The highest BCUT2D eigenvalue weighted by molar-refractivity contribution is 9.10. The second-order valence-corrected chi connectivity index (χ2v) is 9.20. The Morgan fingerprint density at radius 3 is 2.25 bits per heavy atom. The van der Waals surface area contributed by atoms with E-state index in [9.17, 15) is 9.59 Å². The molecule has 0 heterocycles. The van der Waals surface area contributed by atoms with Crippen LogP contribution >= 0.6 is 39.1 Å². The number of aryl methyl sites for hydroxylation is 2. The molecule has 2 aromatic rings. The molecular formula is C24H29BrCl2N2O3. The fourth-order valence-electron chi connectivity index (χ4n) is 3.36. The first-order valence-electron chi connectivity index (χ1n) is 10.6. The molecule has 0 unspecified atom stereocenters. The van der Waals surface area contributed by atoms with Crippen molar-refractivity contribution in [1.29, 1.82) is 0 Å². The Labute approximate surface area is 208 Å². The number of carbonyl (C=O) groups excluding carboxylic acids is 2. The standard InChI is InChI=1S/C24H29BrCl2N2O3/c1-5-10-28-24(31)21(6-2)29(13-18-19(26)8-7-9-20(18)27)22(30)14-32-17-11-15(3)23(25)16(4)12-17/h7-9,11-12,21H,5-6,10,13-14H2,1-4H3,(H,28,31)/t21-/m0/s1. The van der Waals surface area contributed by atoms with Gasteiger partial charge in [-0.2, -0.15) is 0 Å². The number of hydrogen-bond donors (Lipinski definition) is 1. The van der Waals surface area contributed by atoms with Gasteiger partial charge < -0.3 is 15.0 Å². The molecule has 0 aliphatic rings. The molecule has 1 atom stereocenters. The van der Waals surface area contributed by atoms with Gasteiger partial charge in [0.25, 0.3) is 5.91 Å². The van der Waals surface area contributed by atoms with Crippen LogP contribution in [0, 0.1) is 13.8 Å². The number of halogens is 3. The lowest BCUT2D eigenvalue weighted by atomic mass is 10.1. The Hall–Kier alpha value is -1.76. The van der Waals surface area contributed by atoms with E-state index in [0.717, 1.165) is 22.0 Å². The first-order valence-corrected chi connectivity index (χ1v) is 12.1. The van der Waals surface area contributed by atoms with Gasteiger partial charge in [0.05, 0.1) is 0 Å². The van der Waals surface area contributed by atoms with E-state index >= 15 is 0 Å². The Kier molecular flexibility index (Phi) is 10.3. The first-order chi connectivity index (χ1) is 15.2. The lowest BCUT2D eigenvalue weighted by molar-refractivity contribution is -0.143. The summed E-state index contributed by atoms with van der Waals surface area (Å²) in [5, 5.41) is 3.77. The maximum absolute atomic E-state index is 13.3. The van der Waals surface area contributed by atoms with Crippen LogP contribution < -0.4 is 10.1 Å². The van der Waals surface area contributed by atoms with Crippen molar-refractivity contribution in [2.24, 2.45) is 0 Å². The van der Waals surface area contributed by atoms with Gasteiger partial charge in [0.15, 0.2) is 6.61 Å². The molecule has 1 N–H and O–H groups in total. The lowest BCUT2D eigenvalue weighted by Crippen LogP contribution is -2.50. The Bertz CT molecular complexity index is 925. The molecule has 0 radical (unpaired) electrons. The largest absolute Gasteiger partial charge is 0.484 e. The van der Waals surface area contributed by atoms with Crippen molar-refractivity contribution in [3.05, 3.63) is 61.5 Å². The van der Waals surface area contributed by atoms with Gasteiger partial charge in [0.2, 0.25) is 5.91 Å². The number of hydrogen-bond acceptors (Lipinski definition) is 3. The average molecular weight is 544 g/mol. The highest BCUT2D eigenvalue weighted by Crippen LogP contribution is 2.28. The van der Waals surface area contributed by atoms with E-state index in [2.05, 4.69) is 21.2 Å². The predicted molar refractivity (Wildman–Crippen MR) is 134 cm³/mol. The summed E-state index contributed by atoms with van der Waals surface area (Å²) in [4.78, 5) is 27.6. The van der Waals surface area contributed by atoms with Crippen LogP contribution in [-0.2, 0) is 16.1 Å². The summed E-state index contributed by atoms with van der Waals surface area (Å²) in [5.41, 5.74) is 2.62. The molecule has 0 saturated carbocycles. The molecule has 8 heteroatoms. The number of rotatable bonds is 10. The molecular weight excluding hydrogens is 515 g/mol. The number of ether oxygens (including phenoxy) is 1. The van der Waals surface area contributed by atoms with Crippen molar-refractivity contribution in [3.8, 4) is 5.75 Å². The van der Waals surface area contributed by atoms with Crippen LogP contribution in [0.15, 0.2) is 34.8 Å². The number of nitrogens with zero attached hydrogens (tertiary/aromatic N) is 1. The van der Waals surface area contributed by atoms with Gasteiger partial charge in [-0.3, -0.25) is 9.59 Å². The molecule has 2 aromatic carbocycles. The first kappa shape index (κ1) is 26.5. The molecule has 0 aliphatic carbocycles. The smallest absolute Gasteiger partial charge is 0.261 e. The molecule has 0 aromatic heterocycles. The van der Waals surface area contributed by atoms with E-state index in [1.165, 1.54) is 4.90 Å². The minimum atomic E-state index is -0.668. The Balaban J connectivity index is 2.29. The van der Waals surface area contributed by atoms with E-state index in [1.807, 2.05) is 39.8 Å². The minimum Gasteiger partial charge on any atom is -0.484 e. The molecule has 2 amide bonds. The summed E-state index contributed by atoms with van der Waals surface area (Å²) in [5.74, 6) is 0.0645. The third kappa shape index (κ3) is 6.87. The second kappa shape index (κ2) is 12.5. The van der Waals surface area contributed by atoms with E-state index in [1.54, 1.807) is 18.2 Å². The molecule has 174 valence electrons. The van der Waals surface area contributed by atoms with E-state index < -0.39 is 6.04 Å². The van der Waals surface area contributed by atoms with Crippen molar-refractivity contribution in [3.63, 3.8) is 0 Å². The highest BCUT2D eigenvalue weighted by atomic mass is 79.9. The molecule has 0 spiro atoms.